The van der Waals surface area contributed by atoms with Gasteiger partial charge in [-0.25, -0.2) is 4.98 Å². The minimum Gasteiger partial charge on any atom is -0.481 e. The molecule has 0 saturated heterocycles. The number of hydrogen-bond acceptors (Lipinski definition) is 3. The van der Waals surface area contributed by atoms with Crippen LogP contribution in [0.4, 0.5) is 0 Å². The smallest absolute Gasteiger partial charge is 0.303 e. The first-order valence-corrected chi connectivity index (χ1v) is 5.66. The molecular formula is C11H17N3O2. The van der Waals surface area contributed by atoms with Crippen LogP contribution in [-0.2, 0) is 18.3 Å². The Hall–Kier alpha value is -1.39. The number of carboxylic acids is 1. The largest absolute Gasteiger partial charge is 0.481 e. The third kappa shape index (κ3) is 2.23. The molecule has 0 atom stereocenters. The Morgan fingerprint density at radius 3 is 2.75 bits per heavy atom. The van der Waals surface area contributed by atoms with Gasteiger partial charge in [0, 0.05) is 13.5 Å². The summed E-state index contributed by atoms with van der Waals surface area (Å²) in [7, 11) is 1.85. The number of hydrogen-bond donors (Lipinski definition) is 1. The van der Waals surface area contributed by atoms with Crippen LogP contribution in [-0.4, -0.2) is 25.8 Å². The van der Waals surface area contributed by atoms with E-state index in [-0.39, 0.29) is 11.8 Å². The number of aliphatic carboxylic acids is 1. The van der Waals surface area contributed by atoms with E-state index in [2.05, 4.69) is 10.1 Å². The molecule has 1 fully saturated rings. The minimum atomic E-state index is -0.705. The summed E-state index contributed by atoms with van der Waals surface area (Å²) in [6, 6.07) is 0. The summed E-state index contributed by atoms with van der Waals surface area (Å²) in [5.41, 5.74) is -0.0906. The topological polar surface area (TPSA) is 68.0 Å². The summed E-state index contributed by atoms with van der Waals surface area (Å²) in [5, 5.41) is 13.0. The summed E-state index contributed by atoms with van der Waals surface area (Å²) < 4.78 is 1.74. The summed E-state index contributed by atoms with van der Waals surface area (Å²) in [6.45, 7) is 0. The first-order valence-electron chi connectivity index (χ1n) is 5.66. The molecule has 16 heavy (non-hydrogen) atoms. The van der Waals surface area contributed by atoms with E-state index >= 15 is 0 Å². The second kappa shape index (κ2) is 4.23. The van der Waals surface area contributed by atoms with Gasteiger partial charge in [-0.2, -0.15) is 5.10 Å². The van der Waals surface area contributed by atoms with Crippen molar-refractivity contribution in [3.05, 3.63) is 12.2 Å². The lowest BCUT2D eigenvalue weighted by Crippen LogP contribution is -2.25. The van der Waals surface area contributed by atoms with Crippen molar-refractivity contribution >= 4 is 5.97 Å². The number of carboxylic acid groups (broad SMARTS) is 1. The molecule has 0 spiro atoms. The van der Waals surface area contributed by atoms with Crippen LogP contribution in [0.5, 0.6) is 0 Å². The molecule has 0 unspecified atom stereocenters. The highest BCUT2D eigenvalue weighted by molar-refractivity contribution is 5.67. The Kier molecular flexibility index (Phi) is 2.94. The van der Waals surface area contributed by atoms with Crippen LogP contribution in [0.1, 0.15) is 37.9 Å². The van der Waals surface area contributed by atoms with Crippen molar-refractivity contribution < 1.29 is 9.90 Å². The number of aryl methyl sites for hydroxylation is 1. The Bertz CT molecular complexity index is 380. The third-order valence-electron chi connectivity index (χ3n) is 3.53. The maximum Gasteiger partial charge on any atom is 0.303 e. The average molecular weight is 223 g/mol. The molecule has 0 aliphatic heterocycles. The van der Waals surface area contributed by atoms with Crippen LogP contribution < -0.4 is 0 Å². The zero-order valence-corrected chi connectivity index (χ0v) is 9.52. The number of nitrogens with zero attached hydrogens (tertiary/aromatic N) is 3. The van der Waals surface area contributed by atoms with E-state index in [0.29, 0.717) is 0 Å². The lowest BCUT2D eigenvalue weighted by Gasteiger charge is -2.26. The summed E-state index contributed by atoms with van der Waals surface area (Å²) in [5.74, 6) is 0.187. The predicted octanol–water partition coefficient (Wildman–Crippen LogP) is 1.39. The van der Waals surface area contributed by atoms with E-state index in [1.807, 2.05) is 7.05 Å². The van der Waals surface area contributed by atoms with Crippen molar-refractivity contribution in [2.45, 2.75) is 38.5 Å². The second-order valence-electron chi connectivity index (χ2n) is 4.75. The van der Waals surface area contributed by atoms with E-state index in [1.54, 1.807) is 4.68 Å². The number of aromatic nitrogens is 3. The molecule has 1 aliphatic carbocycles. The minimum absolute atomic E-state index is 0.0906. The molecule has 88 valence electrons. The van der Waals surface area contributed by atoms with Crippen LogP contribution in [0.3, 0.4) is 0 Å². The SMILES string of the molecule is Cn1ncnc1CC1(CC(=O)O)CCCC1. The Morgan fingerprint density at radius 2 is 2.25 bits per heavy atom. The lowest BCUT2D eigenvalue weighted by molar-refractivity contribution is -0.139. The van der Waals surface area contributed by atoms with Gasteiger partial charge in [0.15, 0.2) is 0 Å². The first kappa shape index (κ1) is 11.1. The molecular weight excluding hydrogens is 206 g/mol. The molecule has 0 amide bonds. The molecule has 1 heterocycles. The predicted molar refractivity (Wildman–Crippen MR) is 57.9 cm³/mol. The average Bonchev–Trinajstić information content (AvgIpc) is 2.77. The normalized spacial score (nSPS) is 18.8. The fourth-order valence-corrected chi connectivity index (χ4v) is 2.68. The highest BCUT2D eigenvalue weighted by Crippen LogP contribution is 2.43. The van der Waals surface area contributed by atoms with Gasteiger partial charge < -0.3 is 5.11 Å². The molecule has 0 aromatic carbocycles. The molecule has 1 aromatic heterocycles. The van der Waals surface area contributed by atoms with Crippen molar-refractivity contribution in [2.75, 3.05) is 0 Å². The maximum absolute atomic E-state index is 10.9. The van der Waals surface area contributed by atoms with Crippen LogP contribution in [0, 0.1) is 5.41 Å². The van der Waals surface area contributed by atoms with Crippen molar-refractivity contribution in [2.24, 2.45) is 12.5 Å². The number of rotatable bonds is 4. The van der Waals surface area contributed by atoms with Gasteiger partial charge in [-0.3, -0.25) is 9.48 Å². The van der Waals surface area contributed by atoms with Gasteiger partial charge in [-0.1, -0.05) is 12.8 Å². The maximum atomic E-state index is 10.9. The Morgan fingerprint density at radius 1 is 1.56 bits per heavy atom. The molecule has 0 radical (unpaired) electrons. The van der Waals surface area contributed by atoms with Crippen LogP contribution in [0.25, 0.3) is 0 Å². The van der Waals surface area contributed by atoms with Crippen molar-refractivity contribution in [1.29, 1.82) is 0 Å². The molecule has 5 nitrogen and oxygen atoms in total. The fraction of sp³-hybridized carbons (Fsp3) is 0.727. The molecule has 1 saturated carbocycles. The highest BCUT2D eigenvalue weighted by Gasteiger charge is 2.37. The summed E-state index contributed by atoms with van der Waals surface area (Å²) >= 11 is 0. The van der Waals surface area contributed by atoms with E-state index in [9.17, 15) is 4.79 Å². The van der Waals surface area contributed by atoms with Gasteiger partial charge in [-0.05, 0) is 18.3 Å². The first-order chi connectivity index (χ1) is 7.61. The quantitative estimate of drug-likeness (QED) is 0.837. The molecule has 5 heteroatoms. The third-order valence-corrected chi connectivity index (χ3v) is 3.53. The second-order valence-corrected chi connectivity index (χ2v) is 4.75. The van der Waals surface area contributed by atoms with E-state index in [0.717, 1.165) is 37.9 Å². The molecule has 1 aromatic rings. The highest BCUT2D eigenvalue weighted by atomic mass is 16.4. The molecule has 2 rings (SSSR count). The van der Waals surface area contributed by atoms with Gasteiger partial charge in [0.2, 0.25) is 0 Å². The van der Waals surface area contributed by atoms with E-state index < -0.39 is 5.97 Å². The van der Waals surface area contributed by atoms with Crippen LogP contribution >= 0.6 is 0 Å². The zero-order chi connectivity index (χ0) is 11.6. The van der Waals surface area contributed by atoms with Gasteiger partial charge in [0.25, 0.3) is 0 Å². The van der Waals surface area contributed by atoms with Crippen molar-refractivity contribution in [3.63, 3.8) is 0 Å². The lowest BCUT2D eigenvalue weighted by atomic mass is 9.79. The molecule has 1 aliphatic rings. The van der Waals surface area contributed by atoms with Gasteiger partial charge in [0.1, 0.15) is 12.2 Å². The zero-order valence-electron chi connectivity index (χ0n) is 9.52. The van der Waals surface area contributed by atoms with E-state index in [1.165, 1.54) is 6.33 Å². The fourth-order valence-electron chi connectivity index (χ4n) is 2.68. The Labute approximate surface area is 94.5 Å². The van der Waals surface area contributed by atoms with Crippen LogP contribution in [0.15, 0.2) is 6.33 Å². The van der Waals surface area contributed by atoms with Gasteiger partial charge in [0.05, 0.1) is 6.42 Å². The number of carbonyl (C=O) groups is 1. The van der Waals surface area contributed by atoms with Crippen molar-refractivity contribution in [3.8, 4) is 0 Å². The van der Waals surface area contributed by atoms with Gasteiger partial charge >= 0.3 is 5.97 Å². The van der Waals surface area contributed by atoms with Crippen LogP contribution in [0.2, 0.25) is 0 Å². The molecule has 1 N–H and O–H groups in total. The summed E-state index contributed by atoms with van der Waals surface area (Å²) in [6.07, 6.45) is 6.75. The molecule has 0 bridgehead atoms. The monoisotopic (exact) mass is 223 g/mol. The standard InChI is InChI=1S/C11H17N3O2/c1-14-9(12-8-13-14)6-11(7-10(15)16)4-2-3-5-11/h8H,2-7H2,1H3,(H,15,16). The van der Waals surface area contributed by atoms with Crippen molar-refractivity contribution in [1.82, 2.24) is 14.8 Å². The van der Waals surface area contributed by atoms with Gasteiger partial charge in [-0.15, -0.1) is 0 Å². The Balaban J connectivity index is 2.14. The van der Waals surface area contributed by atoms with E-state index in [4.69, 9.17) is 5.11 Å². The summed E-state index contributed by atoms with van der Waals surface area (Å²) in [4.78, 5) is 15.1.